The first-order valence-electron chi connectivity index (χ1n) is 11.6. The van der Waals surface area contributed by atoms with Crippen molar-refractivity contribution in [3.8, 4) is 5.75 Å². The summed E-state index contributed by atoms with van der Waals surface area (Å²) < 4.78 is 37.9. The largest absolute Gasteiger partial charge is 0.497 e. The molecule has 1 aromatic carbocycles. The van der Waals surface area contributed by atoms with E-state index in [9.17, 15) is 13.2 Å². The van der Waals surface area contributed by atoms with E-state index < -0.39 is 10.0 Å². The number of carbonyl (C=O) groups is 1. The minimum Gasteiger partial charge on any atom is -0.497 e. The molecule has 0 spiro atoms. The summed E-state index contributed by atoms with van der Waals surface area (Å²) in [6.07, 6.45) is 3.95. The fourth-order valence-corrected chi connectivity index (χ4v) is 6.54. The standard InChI is InChI=1S/C24H32N4O5S/c1-15(18-8-11-28(12-9-18)34(30,31)23-16(2)27-33-17(23)3)24(29)25-10-7-19-14-26-22-6-5-20(32-4)13-21(19)22/h5-6,13-15,18,26H,7-12H2,1-4H3,(H,25,29). The zero-order valence-electron chi connectivity index (χ0n) is 20.1. The Morgan fingerprint density at radius 2 is 2.06 bits per heavy atom. The SMILES string of the molecule is COc1ccc2[nH]cc(CCNC(=O)C(C)C3CCN(S(=O)(=O)c4c(C)noc4C)CC3)c2c1. The number of amides is 1. The Hall–Kier alpha value is -2.85. The van der Waals surface area contributed by atoms with Gasteiger partial charge < -0.3 is 19.6 Å². The predicted molar refractivity (Wildman–Crippen MR) is 128 cm³/mol. The zero-order chi connectivity index (χ0) is 24.5. The highest BCUT2D eigenvalue weighted by Gasteiger charge is 2.36. The van der Waals surface area contributed by atoms with Crippen LogP contribution in [0.2, 0.25) is 0 Å². The Bertz CT molecular complexity index is 1250. The Kier molecular flexibility index (Phi) is 6.99. The van der Waals surface area contributed by atoms with Crippen molar-refractivity contribution in [2.24, 2.45) is 11.8 Å². The fourth-order valence-electron chi connectivity index (χ4n) is 4.77. The highest BCUT2D eigenvalue weighted by atomic mass is 32.2. The summed E-state index contributed by atoms with van der Waals surface area (Å²) >= 11 is 0. The van der Waals surface area contributed by atoms with Crippen LogP contribution in [-0.4, -0.2) is 55.5 Å². The number of carbonyl (C=O) groups excluding carboxylic acids is 1. The van der Waals surface area contributed by atoms with Gasteiger partial charge in [-0.05, 0) is 62.8 Å². The van der Waals surface area contributed by atoms with Crippen molar-refractivity contribution in [3.63, 3.8) is 0 Å². The molecule has 1 atom stereocenters. The maximum absolute atomic E-state index is 13.0. The third-order valence-corrected chi connectivity index (χ3v) is 9.00. The van der Waals surface area contributed by atoms with Gasteiger partial charge in [-0.2, -0.15) is 4.31 Å². The summed E-state index contributed by atoms with van der Waals surface area (Å²) in [6, 6.07) is 5.89. The molecule has 1 saturated heterocycles. The molecule has 9 nitrogen and oxygen atoms in total. The Morgan fingerprint density at radius 1 is 1.32 bits per heavy atom. The molecule has 0 saturated carbocycles. The maximum Gasteiger partial charge on any atom is 0.248 e. The van der Waals surface area contributed by atoms with Crippen LogP contribution in [0.3, 0.4) is 0 Å². The van der Waals surface area contributed by atoms with Crippen LogP contribution < -0.4 is 10.1 Å². The molecule has 1 fully saturated rings. The van der Waals surface area contributed by atoms with E-state index >= 15 is 0 Å². The van der Waals surface area contributed by atoms with Gasteiger partial charge in [-0.1, -0.05) is 12.1 Å². The van der Waals surface area contributed by atoms with Gasteiger partial charge in [0.1, 0.15) is 16.3 Å². The van der Waals surface area contributed by atoms with Crippen molar-refractivity contribution >= 4 is 26.8 Å². The molecule has 1 amide bonds. The number of aromatic amines is 1. The molecular formula is C24H32N4O5S. The molecule has 1 aliphatic rings. The number of aryl methyl sites for hydroxylation is 2. The van der Waals surface area contributed by atoms with E-state index in [1.165, 1.54) is 4.31 Å². The zero-order valence-corrected chi connectivity index (χ0v) is 20.9. The average molecular weight is 489 g/mol. The summed E-state index contributed by atoms with van der Waals surface area (Å²) in [5.41, 5.74) is 2.54. The summed E-state index contributed by atoms with van der Waals surface area (Å²) in [5, 5.41) is 7.92. The van der Waals surface area contributed by atoms with E-state index in [-0.39, 0.29) is 22.6 Å². The van der Waals surface area contributed by atoms with E-state index in [2.05, 4.69) is 15.5 Å². The molecule has 1 unspecified atom stereocenters. The number of nitrogens with one attached hydrogen (secondary N) is 2. The Balaban J connectivity index is 1.30. The van der Waals surface area contributed by atoms with Gasteiger partial charge in [0, 0.05) is 42.7 Å². The molecule has 1 aliphatic heterocycles. The summed E-state index contributed by atoms with van der Waals surface area (Å²) in [7, 11) is -2.00. The number of piperidine rings is 1. The molecule has 0 aliphatic carbocycles. The number of H-pyrrole nitrogens is 1. The number of nitrogens with zero attached hydrogens (tertiary/aromatic N) is 2. The minimum atomic E-state index is -3.65. The molecule has 34 heavy (non-hydrogen) atoms. The number of rotatable bonds is 8. The fraction of sp³-hybridized carbons (Fsp3) is 0.500. The number of methoxy groups -OCH3 is 1. The lowest BCUT2D eigenvalue weighted by atomic mass is 9.85. The van der Waals surface area contributed by atoms with Gasteiger partial charge in [0.2, 0.25) is 15.9 Å². The second kappa shape index (κ2) is 9.79. The first-order valence-corrected chi connectivity index (χ1v) is 13.0. The van der Waals surface area contributed by atoms with Crippen molar-refractivity contribution in [1.29, 1.82) is 0 Å². The summed E-state index contributed by atoms with van der Waals surface area (Å²) in [4.78, 5) is 16.2. The Labute approximate surface area is 199 Å². The van der Waals surface area contributed by atoms with Crippen molar-refractivity contribution in [1.82, 2.24) is 19.8 Å². The van der Waals surface area contributed by atoms with E-state index in [1.807, 2.05) is 31.3 Å². The number of benzene rings is 1. The van der Waals surface area contributed by atoms with Gasteiger partial charge in [-0.25, -0.2) is 8.42 Å². The van der Waals surface area contributed by atoms with Gasteiger partial charge in [-0.15, -0.1) is 0 Å². The van der Waals surface area contributed by atoms with E-state index in [1.54, 1.807) is 21.0 Å². The van der Waals surface area contributed by atoms with Crippen molar-refractivity contribution in [2.45, 2.75) is 44.9 Å². The number of hydrogen-bond acceptors (Lipinski definition) is 6. The topological polar surface area (TPSA) is 118 Å². The first kappa shape index (κ1) is 24.3. The third-order valence-electron chi connectivity index (χ3n) is 6.85. The monoisotopic (exact) mass is 488 g/mol. The average Bonchev–Trinajstić information content (AvgIpc) is 3.40. The second-order valence-electron chi connectivity index (χ2n) is 8.95. The van der Waals surface area contributed by atoms with Crippen LogP contribution in [0.15, 0.2) is 33.8 Å². The van der Waals surface area contributed by atoms with Gasteiger partial charge >= 0.3 is 0 Å². The molecule has 3 heterocycles. The second-order valence-corrected chi connectivity index (χ2v) is 10.8. The predicted octanol–water partition coefficient (Wildman–Crippen LogP) is 3.18. The van der Waals surface area contributed by atoms with Crippen LogP contribution in [-0.2, 0) is 21.2 Å². The number of fused-ring (bicyclic) bond motifs is 1. The van der Waals surface area contributed by atoms with Gasteiger partial charge in [-0.3, -0.25) is 4.79 Å². The molecule has 0 radical (unpaired) electrons. The molecule has 4 rings (SSSR count). The highest BCUT2D eigenvalue weighted by molar-refractivity contribution is 7.89. The Morgan fingerprint density at radius 3 is 2.71 bits per heavy atom. The molecular weight excluding hydrogens is 456 g/mol. The number of aromatic nitrogens is 2. The van der Waals surface area contributed by atoms with Crippen LogP contribution in [0, 0.1) is 25.7 Å². The molecule has 184 valence electrons. The van der Waals surface area contributed by atoms with E-state index in [0.29, 0.717) is 50.4 Å². The van der Waals surface area contributed by atoms with Crippen LogP contribution in [0.1, 0.15) is 36.8 Å². The lowest BCUT2D eigenvalue weighted by Crippen LogP contribution is -2.43. The van der Waals surface area contributed by atoms with Crippen LogP contribution in [0.4, 0.5) is 0 Å². The van der Waals surface area contributed by atoms with E-state index in [0.717, 1.165) is 22.2 Å². The van der Waals surface area contributed by atoms with Gasteiger partial charge in [0.25, 0.3) is 0 Å². The first-order chi connectivity index (χ1) is 16.2. The van der Waals surface area contributed by atoms with Crippen molar-refractivity contribution < 1.29 is 22.5 Å². The van der Waals surface area contributed by atoms with Gasteiger partial charge in [0.05, 0.1) is 7.11 Å². The van der Waals surface area contributed by atoms with E-state index in [4.69, 9.17) is 9.26 Å². The maximum atomic E-state index is 13.0. The molecule has 2 aromatic heterocycles. The normalized spacial score (nSPS) is 16.6. The third kappa shape index (κ3) is 4.69. The molecule has 2 N–H and O–H groups in total. The molecule has 10 heteroatoms. The molecule has 0 bridgehead atoms. The van der Waals surface area contributed by atoms with Crippen LogP contribution in [0.5, 0.6) is 5.75 Å². The van der Waals surface area contributed by atoms with Gasteiger partial charge in [0.15, 0.2) is 5.76 Å². The highest BCUT2D eigenvalue weighted by Crippen LogP contribution is 2.31. The summed E-state index contributed by atoms with van der Waals surface area (Å²) in [6.45, 7) is 6.47. The smallest absolute Gasteiger partial charge is 0.248 e. The quantitative estimate of drug-likeness (QED) is 0.503. The number of hydrogen-bond donors (Lipinski definition) is 2. The number of ether oxygens (including phenoxy) is 1. The lowest BCUT2D eigenvalue weighted by molar-refractivity contribution is -0.126. The minimum absolute atomic E-state index is 0.00412. The van der Waals surface area contributed by atoms with Crippen molar-refractivity contribution in [2.75, 3.05) is 26.7 Å². The van der Waals surface area contributed by atoms with Crippen LogP contribution in [0.25, 0.3) is 10.9 Å². The lowest BCUT2D eigenvalue weighted by Gasteiger charge is -2.33. The summed E-state index contributed by atoms with van der Waals surface area (Å²) in [5.74, 6) is 1.06. The molecule has 3 aromatic rings. The van der Waals surface area contributed by atoms with Crippen molar-refractivity contribution in [3.05, 3.63) is 41.4 Å². The van der Waals surface area contributed by atoms with Crippen LogP contribution >= 0.6 is 0 Å². The number of sulfonamides is 1.